The van der Waals surface area contributed by atoms with Crippen molar-refractivity contribution in [2.24, 2.45) is 0 Å². The van der Waals surface area contributed by atoms with Gasteiger partial charge in [0.15, 0.2) is 11.7 Å². The summed E-state index contributed by atoms with van der Waals surface area (Å²) in [4.78, 5) is 14.3. The molecule has 0 aliphatic rings. The SMILES string of the molecule is Cc1cc2cc(C(O)C[N+](=O)[O-])nc(-c3ccc(F)c(Cl)c3)c2o1. The van der Waals surface area contributed by atoms with E-state index in [2.05, 4.69) is 4.98 Å². The Morgan fingerprint density at radius 3 is 2.83 bits per heavy atom. The molecular formula is C16H12ClFN2O4. The molecule has 0 aliphatic heterocycles. The monoisotopic (exact) mass is 350 g/mol. The summed E-state index contributed by atoms with van der Waals surface area (Å²) >= 11 is 5.82. The van der Waals surface area contributed by atoms with Crippen LogP contribution in [0.5, 0.6) is 0 Å². The summed E-state index contributed by atoms with van der Waals surface area (Å²) in [5.74, 6) is 0.0407. The van der Waals surface area contributed by atoms with Crippen molar-refractivity contribution in [1.29, 1.82) is 0 Å². The number of aromatic nitrogens is 1. The zero-order valence-corrected chi connectivity index (χ0v) is 13.2. The van der Waals surface area contributed by atoms with Gasteiger partial charge in [-0.1, -0.05) is 11.6 Å². The first-order valence-corrected chi connectivity index (χ1v) is 7.39. The summed E-state index contributed by atoms with van der Waals surface area (Å²) in [7, 11) is 0. The Hall–Kier alpha value is -2.51. The molecule has 0 bridgehead atoms. The topological polar surface area (TPSA) is 89.4 Å². The first kappa shape index (κ1) is 16.4. The number of halogens is 2. The number of hydrogen-bond donors (Lipinski definition) is 1. The Kier molecular flexibility index (Phi) is 4.21. The van der Waals surface area contributed by atoms with Gasteiger partial charge in [0.05, 0.1) is 10.7 Å². The molecule has 1 aromatic carbocycles. The minimum atomic E-state index is -1.37. The lowest BCUT2D eigenvalue weighted by atomic mass is 10.1. The molecular weight excluding hydrogens is 339 g/mol. The highest BCUT2D eigenvalue weighted by molar-refractivity contribution is 6.31. The average molecular weight is 351 g/mol. The maximum absolute atomic E-state index is 13.4. The minimum Gasteiger partial charge on any atom is -0.459 e. The molecule has 0 fully saturated rings. The number of aliphatic hydroxyl groups is 1. The Morgan fingerprint density at radius 2 is 2.17 bits per heavy atom. The molecule has 0 spiro atoms. The van der Waals surface area contributed by atoms with E-state index in [-0.39, 0.29) is 10.7 Å². The fourth-order valence-corrected chi connectivity index (χ4v) is 2.62. The fourth-order valence-electron chi connectivity index (χ4n) is 2.44. The fraction of sp³-hybridized carbons (Fsp3) is 0.188. The summed E-state index contributed by atoms with van der Waals surface area (Å²) in [6, 6.07) is 7.33. The Labute approximate surface area is 140 Å². The van der Waals surface area contributed by atoms with Crippen LogP contribution in [0.15, 0.2) is 34.7 Å². The van der Waals surface area contributed by atoms with Gasteiger partial charge in [-0.3, -0.25) is 10.1 Å². The maximum Gasteiger partial charge on any atom is 0.235 e. The van der Waals surface area contributed by atoms with Crippen molar-refractivity contribution in [3.8, 4) is 11.3 Å². The van der Waals surface area contributed by atoms with Crippen molar-refractivity contribution < 1.29 is 18.8 Å². The van der Waals surface area contributed by atoms with E-state index in [9.17, 15) is 19.6 Å². The summed E-state index contributed by atoms with van der Waals surface area (Å²) in [5.41, 5.74) is 1.39. The third kappa shape index (κ3) is 3.08. The second kappa shape index (κ2) is 6.18. The van der Waals surface area contributed by atoms with Crippen molar-refractivity contribution in [2.75, 3.05) is 6.54 Å². The Morgan fingerprint density at radius 1 is 1.42 bits per heavy atom. The molecule has 24 heavy (non-hydrogen) atoms. The molecule has 0 amide bonds. The summed E-state index contributed by atoms with van der Waals surface area (Å²) in [6.07, 6.45) is -1.37. The van der Waals surface area contributed by atoms with Gasteiger partial charge in [-0.2, -0.15) is 0 Å². The zero-order valence-electron chi connectivity index (χ0n) is 12.5. The molecule has 0 saturated carbocycles. The molecule has 2 aromatic heterocycles. The molecule has 0 aliphatic carbocycles. The van der Waals surface area contributed by atoms with E-state index in [1.807, 2.05) is 0 Å². The number of rotatable bonds is 4. The Balaban J connectivity index is 2.20. The summed E-state index contributed by atoms with van der Waals surface area (Å²) in [5, 5.41) is 21.2. The smallest absolute Gasteiger partial charge is 0.235 e. The predicted octanol–water partition coefficient (Wildman–Crippen LogP) is 3.91. The van der Waals surface area contributed by atoms with Crippen LogP contribution < -0.4 is 0 Å². The molecule has 0 saturated heterocycles. The molecule has 3 rings (SSSR count). The van der Waals surface area contributed by atoms with E-state index in [0.29, 0.717) is 28.0 Å². The Bertz CT molecular complexity index is 941. The van der Waals surface area contributed by atoms with Gasteiger partial charge < -0.3 is 9.52 Å². The van der Waals surface area contributed by atoms with Gasteiger partial charge in [-0.15, -0.1) is 0 Å². The summed E-state index contributed by atoms with van der Waals surface area (Å²) < 4.78 is 19.0. The van der Waals surface area contributed by atoms with Gasteiger partial charge in [0.2, 0.25) is 6.54 Å². The molecule has 124 valence electrons. The first-order chi connectivity index (χ1) is 11.3. The van der Waals surface area contributed by atoms with Crippen LogP contribution >= 0.6 is 11.6 Å². The van der Waals surface area contributed by atoms with E-state index in [0.717, 1.165) is 0 Å². The van der Waals surface area contributed by atoms with Gasteiger partial charge in [-0.25, -0.2) is 9.37 Å². The number of nitrogens with zero attached hydrogens (tertiary/aromatic N) is 2. The van der Waals surface area contributed by atoms with Crippen LogP contribution in [0.25, 0.3) is 22.2 Å². The summed E-state index contributed by atoms with van der Waals surface area (Å²) in [6.45, 7) is 1.08. The number of nitro groups is 1. The van der Waals surface area contributed by atoms with E-state index in [1.165, 1.54) is 24.3 Å². The number of benzene rings is 1. The molecule has 1 atom stereocenters. The van der Waals surface area contributed by atoms with Gasteiger partial charge in [-0.05, 0) is 37.3 Å². The quantitative estimate of drug-likeness (QED) is 0.569. The molecule has 2 heterocycles. The number of aliphatic hydroxyl groups excluding tert-OH is 1. The molecule has 6 nitrogen and oxygen atoms in total. The molecule has 8 heteroatoms. The second-order valence-corrected chi connectivity index (χ2v) is 5.74. The molecule has 0 radical (unpaired) electrons. The number of aryl methyl sites for hydroxylation is 1. The number of fused-ring (bicyclic) bond motifs is 1. The maximum atomic E-state index is 13.4. The average Bonchev–Trinajstić information content (AvgIpc) is 2.88. The minimum absolute atomic E-state index is 0.0815. The van der Waals surface area contributed by atoms with E-state index in [1.54, 1.807) is 13.0 Å². The lowest BCUT2D eigenvalue weighted by molar-refractivity contribution is -0.491. The molecule has 1 N–H and O–H groups in total. The van der Waals surface area contributed by atoms with Crippen LogP contribution in [-0.4, -0.2) is 21.6 Å². The highest BCUT2D eigenvalue weighted by Gasteiger charge is 2.20. The van der Waals surface area contributed by atoms with Crippen molar-refractivity contribution >= 4 is 22.6 Å². The van der Waals surface area contributed by atoms with E-state index >= 15 is 0 Å². The highest BCUT2D eigenvalue weighted by Crippen LogP contribution is 2.33. The van der Waals surface area contributed by atoms with E-state index in [4.69, 9.17) is 16.0 Å². The number of hydrogen-bond acceptors (Lipinski definition) is 5. The third-order valence-corrected chi connectivity index (χ3v) is 3.79. The molecule has 3 aromatic rings. The van der Waals surface area contributed by atoms with Crippen molar-refractivity contribution in [2.45, 2.75) is 13.0 Å². The van der Waals surface area contributed by atoms with Crippen LogP contribution in [0.2, 0.25) is 5.02 Å². The van der Waals surface area contributed by atoms with Gasteiger partial charge in [0, 0.05) is 15.9 Å². The normalized spacial score (nSPS) is 12.5. The van der Waals surface area contributed by atoms with Crippen LogP contribution in [0.3, 0.4) is 0 Å². The van der Waals surface area contributed by atoms with Crippen molar-refractivity contribution in [3.05, 3.63) is 62.7 Å². The van der Waals surface area contributed by atoms with Crippen LogP contribution in [0, 0.1) is 22.9 Å². The lowest BCUT2D eigenvalue weighted by Crippen LogP contribution is -2.13. The zero-order chi connectivity index (χ0) is 17.4. The standard InChI is InChI=1S/C16H12ClFN2O4/c1-8-4-10-6-13(14(21)7-20(22)23)19-15(16(10)24-8)9-2-3-12(18)11(17)5-9/h2-6,14,21H,7H2,1H3. The van der Waals surface area contributed by atoms with Crippen LogP contribution in [-0.2, 0) is 0 Å². The van der Waals surface area contributed by atoms with Crippen molar-refractivity contribution in [1.82, 2.24) is 4.98 Å². The number of furan rings is 1. The number of pyridine rings is 1. The third-order valence-electron chi connectivity index (χ3n) is 3.50. The second-order valence-electron chi connectivity index (χ2n) is 5.33. The van der Waals surface area contributed by atoms with Gasteiger partial charge in [0.25, 0.3) is 0 Å². The lowest BCUT2D eigenvalue weighted by Gasteiger charge is -2.09. The molecule has 1 unspecified atom stereocenters. The van der Waals surface area contributed by atoms with Crippen LogP contribution in [0.4, 0.5) is 4.39 Å². The van der Waals surface area contributed by atoms with Gasteiger partial charge in [0.1, 0.15) is 17.3 Å². The predicted molar refractivity (Wildman–Crippen MR) is 86.0 cm³/mol. The highest BCUT2D eigenvalue weighted by atomic mass is 35.5. The van der Waals surface area contributed by atoms with E-state index < -0.39 is 23.4 Å². The van der Waals surface area contributed by atoms with Gasteiger partial charge >= 0.3 is 0 Å². The largest absolute Gasteiger partial charge is 0.459 e. The van der Waals surface area contributed by atoms with Crippen LogP contribution in [0.1, 0.15) is 17.6 Å². The van der Waals surface area contributed by atoms with Crippen molar-refractivity contribution in [3.63, 3.8) is 0 Å². The first-order valence-electron chi connectivity index (χ1n) is 7.01.